The van der Waals surface area contributed by atoms with E-state index in [1.807, 2.05) is 27.7 Å². The van der Waals surface area contributed by atoms with Crippen LogP contribution in [0, 0.1) is 12.7 Å². The van der Waals surface area contributed by atoms with E-state index in [0.29, 0.717) is 11.0 Å². The third-order valence-corrected chi connectivity index (χ3v) is 5.55. The van der Waals surface area contributed by atoms with Crippen LogP contribution in [-0.4, -0.2) is 30.3 Å². The zero-order chi connectivity index (χ0) is 17.7. The number of rotatable bonds is 3. The second-order valence-electron chi connectivity index (χ2n) is 7.88. The molecule has 0 radical (unpaired) electrons. The van der Waals surface area contributed by atoms with Crippen molar-refractivity contribution in [3.8, 4) is 0 Å². The van der Waals surface area contributed by atoms with Gasteiger partial charge in [-0.25, -0.2) is 4.39 Å². The Morgan fingerprint density at radius 1 is 1.21 bits per heavy atom. The molecule has 1 heterocycles. The molecule has 130 valence electrons. The third kappa shape index (κ3) is 2.97. The second kappa shape index (κ2) is 5.85. The molecule has 1 aromatic carbocycles. The summed E-state index contributed by atoms with van der Waals surface area (Å²) in [5.41, 5.74) is 0.511. The molecule has 0 atom stereocenters. The van der Waals surface area contributed by atoms with Crippen LogP contribution in [0.2, 0.25) is 0 Å². The minimum Gasteiger partial charge on any atom is -0.399 e. The first-order valence-corrected chi connectivity index (χ1v) is 8.57. The van der Waals surface area contributed by atoms with Crippen molar-refractivity contribution in [2.75, 3.05) is 0 Å². The standard InChI is InChI=1S/C18H25BFNO3/c1-11-9-15(20)13(16(22)21-12-7-6-8-12)10-14(11)19-23-17(2,3)18(4,5)24-19/h9-10,12H,6-8H2,1-5H3,(H,21,22). The molecule has 0 spiro atoms. The van der Waals surface area contributed by atoms with Crippen molar-refractivity contribution in [2.24, 2.45) is 0 Å². The van der Waals surface area contributed by atoms with Crippen LogP contribution in [0.15, 0.2) is 12.1 Å². The Hall–Kier alpha value is -1.40. The van der Waals surface area contributed by atoms with Crippen LogP contribution in [-0.2, 0) is 9.31 Å². The summed E-state index contributed by atoms with van der Waals surface area (Å²) in [5.74, 6) is -0.875. The van der Waals surface area contributed by atoms with Gasteiger partial charge >= 0.3 is 7.12 Å². The molecule has 6 heteroatoms. The maximum atomic E-state index is 14.3. The second-order valence-corrected chi connectivity index (χ2v) is 7.88. The van der Waals surface area contributed by atoms with Crippen molar-refractivity contribution < 1.29 is 18.5 Å². The Bertz CT molecular complexity index is 654. The lowest BCUT2D eigenvalue weighted by Crippen LogP contribution is -2.41. The van der Waals surface area contributed by atoms with E-state index >= 15 is 0 Å². The molecule has 3 rings (SSSR count). The van der Waals surface area contributed by atoms with Crippen molar-refractivity contribution in [3.63, 3.8) is 0 Å². The molecule has 1 aromatic rings. The number of hydrogen-bond donors (Lipinski definition) is 1. The molecular formula is C18H25BFNO3. The number of carbonyl (C=O) groups excluding carboxylic acids is 1. The fourth-order valence-electron chi connectivity index (χ4n) is 2.90. The molecule has 0 bridgehead atoms. The van der Waals surface area contributed by atoms with Gasteiger partial charge in [0.15, 0.2) is 0 Å². The lowest BCUT2D eigenvalue weighted by molar-refractivity contribution is 0.00578. The molecule has 1 saturated carbocycles. The fraction of sp³-hybridized carbons (Fsp3) is 0.611. The first-order chi connectivity index (χ1) is 11.1. The molecule has 1 aliphatic carbocycles. The number of nitrogens with one attached hydrogen (secondary N) is 1. The van der Waals surface area contributed by atoms with Gasteiger partial charge in [-0.1, -0.05) is 0 Å². The number of carbonyl (C=O) groups is 1. The summed E-state index contributed by atoms with van der Waals surface area (Å²) in [4.78, 5) is 12.4. The minimum atomic E-state index is -0.606. The number of hydrogen-bond acceptors (Lipinski definition) is 3. The summed E-state index contributed by atoms with van der Waals surface area (Å²) in [5, 5.41) is 2.88. The Kier molecular flexibility index (Phi) is 4.25. The Morgan fingerprint density at radius 3 is 2.29 bits per heavy atom. The smallest absolute Gasteiger partial charge is 0.399 e. The van der Waals surface area contributed by atoms with Crippen LogP contribution < -0.4 is 10.8 Å². The number of aryl methyl sites for hydroxylation is 1. The summed E-state index contributed by atoms with van der Waals surface area (Å²) in [6, 6.07) is 3.12. The summed E-state index contributed by atoms with van der Waals surface area (Å²) < 4.78 is 26.4. The molecule has 0 aromatic heterocycles. The van der Waals surface area contributed by atoms with Crippen molar-refractivity contribution >= 4 is 18.5 Å². The Labute approximate surface area is 143 Å². The van der Waals surface area contributed by atoms with Gasteiger partial charge < -0.3 is 14.6 Å². The quantitative estimate of drug-likeness (QED) is 0.866. The van der Waals surface area contributed by atoms with Gasteiger partial charge in [0.25, 0.3) is 5.91 Å². The Morgan fingerprint density at radius 2 is 1.79 bits per heavy atom. The first-order valence-electron chi connectivity index (χ1n) is 8.57. The number of halogens is 1. The lowest BCUT2D eigenvalue weighted by Gasteiger charge is -2.32. The van der Waals surface area contributed by atoms with Gasteiger partial charge in [0, 0.05) is 6.04 Å². The molecule has 24 heavy (non-hydrogen) atoms. The van der Waals surface area contributed by atoms with Crippen molar-refractivity contribution in [2.45, 2.75) is 71.1 Å². The average Bonchev–Trinajstić information content (AvgIpc) is 2.62. The van der Waals surface area contributed by atoms with Crippen LogP contribution in [0.5, 0.6) is 0 Å². The zero-order valence-electron chi connectivity index (χ0n) is 15.0. The third-order valence-electron chi connectivity index (χ3n) is 5.55. The van der Waals surface area contributed by atoms with E-state index in [1.54, 1.807) is 13.0 Å². The van der Waals surface area contributed by atoms with Gasteiger partial charge in [0.2, 0.25) is 0 Å². The topological polar surface area (TPSA) is 47.6 Å². The van der Waals surface area contributed by atoms with Crippen molar-refractivity contribution in [1.82, 2.24) is 5.32 Å². The molecule has 0 unspecified atom stereocenters. The van der Waals surface area contributed by atoms with E-state index in [2.05, 4.69) is 5.32 Å². The van der Waals surface area contributed by atoms with Crippen LogP contribution in [0.4, 0.5) is 4.39 Å². The molecule has 1 N–H and O–H groups in total. The summed E-state index contributed by atoms with van der Waals surface area (Å²) in [7, 11) is -0.606. The first kappa shape index (κ1) is 17.4. The van der Waals surface area contributed by atoms with Gasteiger partial charge in [-0.3, -0.25) is 4.79 Å². The summed E-state index contributed by atoms with van der Waals surface area (Å²) in [6.07, 6.45) is 3.03. The van der Waals surface area contributed by atoms with E-state index < -0.39 is 24.1 Å². The van der Waals surface area contributed by atoms with Crippen LogP contribution in [0.3, 0.4) is 0 Å². The van der Waals surface area contributed by atoms with E-state index in [9.17, 15) is 9.18 Å². The maximum Gasteiger partial charge on any atom is 0.495 e. The van der Waals surface area contributed by atoms with Gasteiger partial charge in [0.1, 0.15) is 5.82 Å². The highest BCUT2D eigenvalue weighted by atomic mass is 19.1. The predicted octanol–water partition coefficient (Wildman–Crippen LogP) is 2.72. The molecule has 1 amide bonds. The van der Waals surface area contributed by atoms with Crippen LogP contribution >= 0.6 is 0 Å². The minimum absolute atomic E-state index is 0.0530. The fourth-order valence-corrected chi connectivity index (χ4v) is 2.90. The predicted molar refractivity (Wildman–Crippen MR) is 92.0 cm³/mol. The molecule has 1 saturated heterocycles. The van der Waals surface area contributed by atoms with Gasteiger partial charge in [-0.05, 0) is 77.0 Å². The van der Waals surface area contributed by atoms with Crippen LogP contribution in [0.1, 0.15) is 62.9 Å². The van der Waals surface area contributed by atoms with Gasteiger partial charge in [0.05, 0.1) is 16.8 Å². The largest absolute Gasteiger partial charge is 0.495 e. The molecular weight excluding hydrogens is 308 g/mol. The van der Waals surface area contributed by atoms with E-state index in [-0.39, 0.29) is 17.5 Å². The van der Waals surface area contributed by atoms with E-state index in [0.717, 1.165) is 19.3 Å². The summed E-state index contributed by atoms with van der Waals surface area (Å²) in [6.45, 7) is 9.68. The highest BCUT2D eigenvalue weighted by Crippen LogP contribution is 2.36. The normalized spacial score (nSPS) is 22.3. The van der Waals surface area contributed by atoms with Crippen molar-refractivity contribution in [3.05, 3.63) is 29.1 Å². The number of amides is 1. The van der Waals surface area contributed by atoms with Crippen molar-refractivity contribution in [1.29, 1.82) is 0 Å². The molecule has 2 aliphatic rings. The highest BCUT2D eigenvalue weighted by Gasteiger charge is 2.52. The zero-order valence-corrected chi connectivity index (χ0v) is 15.0. The monoisotopic (exact) mass is 333 g/mol. The van der Waals surface area contributed by atoms with Gasteiger partial charge in [-0.15, -0.1) is 0 Å². The van der Waals surface area contributed by atoms with Crippen LogP contribution in [0.25, 0.3) is 0 Å². The maximum absolute atomic E-state index is 14.3. The molecule has 1 aliphatic heterocycles. The average molecular weight is 333 g/mol. The summed E-state index contributed by atoms with van der Waals surface area (Å²) >= 11 is 0. The lowest BCUT2D eigenvalue weighted by atomic mass is 9.75. The molecule has 4 nitrogen and oxygen atoms in total. The van der Waals surface area contributed by atoms with E-state index in [4.69, 9.17) is 9.31 Å². The SMILES string of the molecule is Cc1cc(F)c(C(=O)NC2CCC2)cc1B1OC(C)(C)C(C)(C)O1. The number of benzene rings is 1. The molecule has 2 fully saturated rings. The van der Waals surface area contributed by atoms with Gasteiger partial charge in [-0.2, -0.15) is 0 Å². The Balaban J connectivity index is 1.89. The van der Waals surface area contributed by atoms with E-state index in [1.165, 1.54) is 6.07 Å². The highest BCUT2D eigenvalue weighted by molar-refractivity contribution is 6.62.